The smallest absolute Gasteiger partial charge is 0.339 e. The van der Waals surface area contributed by atoms with E-state index >= 15 is 0 Å². The molecular weight excluding hydrogens is 222 g/mol. The molecule has 3 nitrogen and oxygen atoms in total. The third kappa shape index (κ3) is 2.06. The van der Waals surface area contributed by atoms with E-state index in [4.69, 9.17) is 5.73 Å². The summed E-state index contributed by atoms with van der Waals surface area (Å²) < 4.78 is 4.31. The summed E-state index contributed by atoms with van der Waals surface area (Å²) in [5, 5.41) is 0. The van der Waals surface area contributed by atoms with E-state index in [0.717, 1.165) is 5.56 Å². The normalized spacial score (nSPS) is 12.2. The minimum Gasteiger partial charge on any atom is -0.382 e. The van der Waals surface area contributed by atoms with E-state index < -0.39 is 12.0 Å². The number of carbonyl (C=O) groups excluding carboxylic acids is 1. The van der Waals surface area contributed by atoms with Gasteiger partial charge < -0.3 is 9.56 Å². The molecule has 0 saturated heterocycles. The summed E-state index contributed by atoms with van der Waals surface area (Å²) in [5.41, 5.74) is 6.28. The van der Waals surface area contributed by atoms with Crippen molar-refractivity contribution in [1.29, 1.82) is 0 Å². The molecule has 0 radical (unpaired) electrons. The molecule has 0 saturated carbocycles. The first kappa shape index (κ1) is 9.22. The van der Waals surface area contributed by atoms with Crippen LogP contribution in [-0.4, -0.2) is 5.97 Å². The Kier molecular flexibility index (Phi) is 3.25. The first-order valence-corrected chi connectivity index (χ1v) is 4.03. The second-order valence-corrected chi connectivity index (χ2v) is 2.61. The summed E-state index contributed by atoms with van der Waals surface area (Å²) in [6, 6.07) is 8.32. The average Bonchev–Trinajstić information content (AvgIpc) is 2.17. The Bertz CT molecular complexity index is 263. The molecule has 0 bridgehead atoms. The lowest BCUT2D eigenvalue weighted by Crippen LogP contribution is -2.20. The van der Waals surface area contributed by atoms with Gasteiger partial charge in [0.15, 0.2) is 16.3 Å². The number of rotatable bonds is 2. The molecule has 12 heavy (non-hydrogen) atoms. The van der Waals surface area contributed by atoms with Gasteiger partial charge in [-0.15, -0.1) is 0 Å². The lowest BCUT2D eigenvalue weighted by atomic mass is 10.1. The lowest BCUT2D eigenvalue weighted by molar-refractivity contribution is -0.133. The van der Waals surface area contributed by atoms with Crippen LogP contribution < -0.4 is 5.73 Å². The Morgan fingerprint density at radius 3 is 2.50 bits per heavy atom. The van der Waals surface area contributed by atoms with Gasteiger partial charge in [-0.25, -0.2) is 4.79 Å². The first-order chi connectivity index (χ1) is 5.75. The molecule has 0 amide bonds. The topological polar surface area (TPSA) is 52.3 Å². The van der Waals surface area contributed by atoms with E-state index in [9.17, 15) is 4.79 Å². The molecule has 1 rings (SSSR count). The summed E-state index contributed by atoms with van der Waals surface area (Å²) in [4.78, 5) is 10.9. The van der Waals surface area contributed by atoms with Crippen molar-refractivity contribution in [3.8, 4) is 0 Å². The molecule has 0 heterocycles. The van der Waals surface area contributed by atoms with E-state index in [1.54, 1.807) is 12.1 Å². The second kappa shape index (κ2) is 4.23. The van der Waals surface area contributed by atoms with Crippen LogP contribution in [0.25, 0.3) is 0 Å². The predicted octanol–water partition coefficient (Wildman–Crippen LogP) is 1.54. The average molecular weight is 230 g/mol. The Morgan fingerprint density at radius 1 is 1.42 bits per heavy atom. The van der Waals surface area contributed by atoms with Crippen LogP contribution in [0.2, 0.25) is 0 Å². The lowest BCUT2D eigenvalue weighted by Gasteiger charge is -2.06. The van der Waals surface area contributed by atoms with Crippen LogP contribution in [0.4, 0.5) is 0 Å². The molecule has 0 aliphatic rings. The van der Waals surface area contributed by atoms with Crippen LogP contribution in [0, 0.1) is 0 Å². The zero-order chi connectivity index (χ0) is 8.97. The fourth-order valence-corrected chi connectivity index (χ4v) is 1.05. The van der Waals surface area contributed by atoms with E-state index in [1.165, 1.54) is 0 Å². The fraction of sp³-hybridized carbons (Fsp3) is 0.125. The fourth-order valence-electron chi connectivity index (χ4n) is 0.844. The number of carbonyl (C=O) groups is 1. The number of halogens is 1. The van der Waals surface area contributed by atoms with Gasteiger partial charge in [0.05, 0.1) is 0 Å². The molecule has 4 heteroatoms. The molecule has 64 valence electrons. The van der Waals surface area contributed by atoms with Crippen molar-refractivity contribution in [1.82, 2.24) is 0 Å². The highest BCUT2D eigenvalue weighted by Gasteiger charge is 2.15. The molecule has 1 atom stereocenters. The van der Waals surface area contributed by atoms with Gasteiger partial charge in [0.25, 0.3) is 0 Å². The van der Waals surface area contributed by atoms with Gasteiger partial charge in [-0.2, -0.15) is 0 Å². The molecule has 0 aromatic heterocycles. The Labute approximate surface area is 79.0 Å². The standard InChI is InChI=1S/C8H8BrNO2/c9-12-8(11)7(10)6-4-2-1-3-5-6/h1-5,7H,10H2. The second-order valence-electron chi connectivity index (χ2n) is 2.28. The van der Waals surface area contributed by atoms with Crippen molar-refractivity contribution in [2.45, 2.75) is 6.04 Å². The summed E-state index contributed by atoms with van der Waals surface area (Å²) in [7, 11) is 0. The van der Waals surface area contributed by atoms with Crippen LogP contribution >= 0.6 is 16.3 Å². The molecule has 0 fully saturated rings. The van der Waals surface area contributed by atoms with Crippen molar-refractivity contribution in [2.75, 3.05) is 0 Å². The van der Waals surface area contributed by atoms with Crippen LogP contribution in [0.1, 0.15) is 11.6 Å². The first-order valence-electron chi connectivity index (χ1n) is 3.38. The summed E-state index contributed by atoms with van der Waals surface area (Å²) in [6.45, 7) is 0. The van der Waals surface area contributed by atoms with Crippen LogP contribution in [0.5, 0.6) is 0 Å². The number of hydrogen-bond donors (Lipinski definition) is 1. The molecule has 0 aliphatic carbocycles. The van der Waals surface area contributed by atoms with E-state index in [1.807, 2.05) is 18.2 Å². The van der Waals surface area contributed by atoms with Crippen LogP contribution in [0.3, 0.4) is 0 Å². The van der Waals surface area contributed by atoms with Gasteiger partial charge >= 0.3 is 5.97 Å². The zero-order valence-corrected chi connectivity index (χ0v) is 7.82. The minimum absolute atomic E-state index is 0.499. The molecule has 1 aromatic carbocycles. The Hall–Kier alpha value is -0.870. The van der Waals surface area contributed by atoms with Crippen molar-refractivity contribution in [2.24, 2.45) is 5.73 Å². The molecule has 1 aromatic rings. The largest absolute Gasteiger partial charge is 0.382 e. The maximum atomic E-state index is 10.9. The van der Waals surface area contributed by atoms with E-state index in [-0.39, 0.29) is 0 Å². The molecule has 2 N–H and O–H groups in total. The number of benzene rings is 1. The highest BCUT2D eigenvalue weighted by molar-refractivity contribution is 9.06. The van der Waals surface area contributed by atoms with Gasteiger partial charge in [0.1, 0.15) is 6.04 Å². The summed E-state index contributed by atoms with van der Waals surface area (Å²) >= 11 is 2.58. The van der Waals surface area contributed by atoms with Gasteiger partial charge in [-0.1, -0.05) is 30.3 Å². The molecular formula is C8H8BrNO2. The highest BCUT2D eigenvalue weighted by Crippen LogP contribution is 2.11. The maximum absolute atomic E-state index is 10.9. The SMILES string of the molecule is NC(C(=O)OBr)c1ccccc1. The van der Waals surface area contributed by atoms with Gasteiger partial charge in [0.2, 0.25) is 0 Å². The third-order valence-corrected chi connectivity index (χ3v) is 1.81. The molecule has 0 spiro atoms. The molecule has 1 unspecified atom stereocenters. The van der Waals surface area contributed by atoms with Crippen molar-refractivity contribution in [3.63, 3.8) is 0 Å². The van der Waals surface area contributed by atoms with Crippen molar-refractivity contribution >= 4 is 22.2 Å². The van der Waals surface area contributed by atoms with Crippen molar-refractivity contribution in [3.05, 3.63) is 35.9 Å². The summed E-state index contributed by atoms with van der Waals surface area (Å²) in [6.07, 6.45) is 0. The van der Waals surface area contributed by atoms with E-state index in [2.05, 4.69) is 20.1 Å². The number of hydrogen-bond acceptors (Lipinski definition) is 3. The minimum atomic E-state index is -0.717. The monoisotopic (exact) mass is 229 g/mol. The highest BCUT2D eigenvalue weighted by atomic mass is 79.9. The Morgan fingerprint density at radius 2 is 2.00 bits per heavy atom. The zero-order valence-electron chi connectivity index (χ0n) is 6.24. The van der Waals surface area contributed by atoms with Crippen LogP contribution in [-0.2, 0) is 8.62 Å². The van der Waals surface area contributed by atoms with E-state index in [0.29, 0.717) is 0 Å². The quantitative estimate of drug-likeness (QED) is 0.838. The summed E-state index contributed by atoms with van der Waals surface area (Å²) in [5.74, 6) is -0.499. The predicted molar refractivity (Wildman–Crippen MR) is 48.4 cm³/mol. The van der Waals surface area contributed by atoms with Crippen LogP contribution in [0.15, 0.2) is 30.3 Å². The van der Waals surface area contributed by atoms with Gasteiger partial charge in [-0.3, -0.25) is 0 Å². The number of nitrogens with two attached hydrogens (primary N) is 1. The van der Waals surface area contributed by atoms with Gasteiger partial charge in [0, 0.05) is 0 Å². The third-order valence-electron chi connectivity index (χ3n) is 1.49. The van der Waals surface area contributed by atoms with Crippen molar-refractivity contribution < 1.29 is 8.62 Å². The maximum Gasteiger partial charge on any atom is 0.339 e. The Balaban J connectivity index is 2.78. The molecule has 0 aliphatic heterocycles. The van der Waals surface area contributed by atoms with Gasteiger partial charge in [-0.05, 0) is 5.56 Å².